The van der Waals surface area contributed by atoms with E-state index >= 15 is 0 Å². The number of aromatic amines is 2. The minimum absolute atomic E-state index is 0.208. The molecule has 1 aromatic carbocycles. The maximum absolute atomic E-state index is 13.8. The standard InChI is InChI=1S/C25H37N4O9P.C15H23N3O7/c1-5-17(6-2)14-35-22(32)16(3)28-39(34,38-18-10-8-7-9-11-18)36-15-19-21(31)25(4,26)23(37-19)29-13-12-20(30)27-24(29)33;1-14(2,3)25-13(23)17-15(4)10(21)8(7-19)24-11(15)18-6-5-9(20)16-12(18)22/h7-13,16-17,19,21,23,31H,5-6,14-15,26H2,1-4H3,(H,28,34)(H,27,30,33);5-6,8,10-11,19,21H,7H2,1-4H3,(H,17,23)(H,16,20,22)/t16-,19+,21+,23+,25+,39?;8-,10-,11-,15-/m01/s1. The fourth-order valence-corrected chi connectivity index (χ4v) is 8.25. The Hall–Kier alpha value is -4.97. The number of rotatable bonds is 16. The highest BCUT2D eigenvalue weighted by Gasteiger charge is 2.56. The quantitative estimate of drug-likeness (QED) is 0.0726. The first-order chi connectivity index (χ1) is 29.9. The van der Waals surface area contributed by atoms with Gasteiger partial charge in [0.1, 0.15) is 47.3 Å². The molecule has 2 fully saturated rings. The zero-order chi connectivity index (χ0) is 47.8. The first kappa shape index (κ1) is 51.7. The minimum Gasteiger partial charge on any atom is -0.464 e. The van der Waals surface area contributed by atoms with Crippen molar-refractivity contribution < 1.29 is 57.5 Å². The number of carbonyl (C=O) groups is 2. The van der Waals surface area contributed by atoms with Crippen molar-refractivity contribution in [1.82, 2.24) is 29.5 Å². The molecule has 356 valence electrons. The summed E-state index contributed by atoms with van der Waals surface area (Å²) in [6.45, 7) is 12.7. The van der Waals surface area contributed by atoms with Crippen LogP contribution in [0, 0.1) is 5.92 Å². The van der Waals surface area contributed by atoms with E-state index in [0.717, 1.165) is 34.1 Å². The molecule has 64 heavy (non-hydrogen) atoms. The smallest absolute Gasteiger partial charge is 0.459 e. The molecule has 23 nitrogen and oxygen atoms in total. The number of ether oxygens (including phenoxy) is 4. The summed E-state index contributed by atoms with van der Waals surface area (Å²) >= 11 is 0. The molecule has 0 aliphatic carbocycles. The second-order valence-electron chi connectivity index (χ2n) is 16.8. The van der Waals surface area contributed by atoms with Gasteiger partial charge >= 0.3 is 31.2 Å². The molecule has 0 radical (unpaired) electrons. The second kappa shape index (κ2) is 21.3. The highest BCUT2D eigenvalue weighted by Crippen LogP contribution is 2.46. The Morgan fingerprint density at radius 3 is 1.97 bits per heavy atom. The Bertz CT molecular complexity index is 2330. The van der Waals surface area contributed by atoms with E-state index in [1.54, 1.807) is 51.1 Å². The number of nitrogens with zero attached hydrogens (tertiary/aromatic N) is 2. The second-order valence-corrected chi connectivity index (χ2v) is 18.5. The number of carbonyl (C=O) groups excluding carboxylic acids is 2. The van der Waals surface area contributed by atoms with Gasteiger partial charge < -0.3 is 49.8 Å². The van der Waals surface area contributed by atoms with E-state index < -0.39 is 115 Å². The molecule has 24 heteroatoms. The molecular weight excluding hydrogens is 865 g/mol. The molecule has 0 bridgehead atoms. The van der Waals surface area contributed by atoms with E-state index in [0.29, 0.717) is 0 Å². The van der Waals surface area contributed by atoms with Crippen LogP contribution in [0.5, 0.6) is 5.75 Å². The van der Waals surface area contributed by atoms with Crippen LogP contribution in [0.3, 0.4) is 0 Å². The number of aliphatic hydroxyl groups is 3. The molecule has 4 heterocycles. The van der Waals surface area contributed by atoms with Crippen LogP contribution in [-0.2, 0) is 32.8 Å². The fraction of sp³-hybridized carbons (Fsp3) is 0.600. The molecule has 2 aliphatic heterocycles. The van der Waals surface area contributed by atoms with Gasteiger partial charge in [0.05, 0.1) is 25.4 Å². The largest absolute Gasteiger partial charge is 0.464 e. The van der Waals surface area contributed by atoms with E-state index in [9.17, 15) is 48.7 Å². The number of nitrogens with one attached hydrogen (secondary N) is 4. The number of para-hydroxylation sites is 1. The van der Waals surface area contributed by atoms with Gasteiger partial charge in [-0.05, 0) is 59.6 Å². The van der Waals surface area contributed by atoms with Gasteiger partial charge in [0, 0.05) is 24.5 Å². The zero-order valence-corrected chi connectivity index (χ0v) is 37.8. The maximum atomic E-state index is 13.8. The molecule has 1 amide bonds. The third-order valence-corrected chi connectivity index (χ3v) is 12.1. The van der Waals surface area contributed by atoms with Crippen LogP contribution in [-0.4, -0.2) is 113 Å². The van der Waals surface area contributed by atoms with Crippen LogP contribution >= 0.6 is 7.75 Å². The number of esters is 1. The van der Waals surface area contributed by atoms with E-state index in [1.807, 2.05) is 13.8 Å². The lowest BCUT2D eigenvalue weighted by Gasteiger charge is -2.34. The van der Waals surface area contributed by atoms with Crippen molar-refractivity contribution in [2.24, 2.45) is 11.7 Å². The first-order valence-electron chi connectivity index (χ1n) is 20.5. The molecule has 0 saturated carbocycles. The zero-order valence-electron chi connectivity index (χ0n) is 36.9. The maximum Gasteiger partial charge on any atom is 0.459 e. The van der Waals surface area contributed by atoms with Crippen molar-refractivity contribution in [3.05, 3.63) is 96.5 Å². The lowest BCUT2D eigenvalue weighted by Crippen LogP contribution is -2.59. The molecule has 3 aromatic rings. The van der Waals surface area contributed by atoms with Gasteiger partial charge in [-0.3, -0.25) is 38.0 Å². The summed E-state index contributed by atoms with van der Waals surface area (Å²) in [5, 5.41) is 35.9. The van der Waals surface area contributed by atoms with Gasteiger partial charge in [-0.2, -0.15) is 5.09 Å². The summed E-state index contributed by atoms with van der Waals surface area (Å²) in [7, 11) is -4.24. The van der Waals surface area contributed by atoms with E-state index in [1.165, 1.54) is 33.2 Å². The van der Waals surface area contributed by atoms with Gasteiger partial charge in [-0.15, -0.1) is 0 Å². The topological polar surface area (TPSA) is 327 Å². The van der Waals surface area contributed by atoms with Crippen molar-refractivity contribution in [3.8, 4) is 5.75 Å². The highest BCUT2D eigenvalue weighted by molar-refractivity contribution is 7.52. The summed E-state index contributed by atoms with van der Waals surface area (Å²) in [6, 6.07) is 9.37. The van der Waals surface area contributed by atoms with E-state index in [2.05, 4.69) is 20.4 Å². The highest BCUT2D eigenvalue weighted by atomic mass is 31.2. The summed E-state index contributed by atoms with van der Waals surface area (Å²) in [6.07, 6.45) is -3.95. The van der Waals surface area contributed by atoms with Gasteiger partial charge in [-0.25, -0.2) is 18.9 Å². The molecule has 2 aliphatic rings. The number of aromatic nitrogens is 4. The average Bonchev–Trinajstić information content (AvgIpc) is 3.59. The number of aliphatic hydroxyl groups excluding tert-OH is 3. The Kier molecular flexibility index (Phi) is 17.2. The normalized spacial score (nSPS) is 26.9. The first-order valence-corrected chi connectivity index (χ1v) is 22.1. The Morgan fingerprint density at radius 1 is 0.906 bits per heavy atom. The molecule has 1 unspecified atom stereocenters. The van der Waals surface area contributed by atoms with Crippen molar-refractivity contribution in [1.29, 1.82) is 0 Å². The third kappa shape index (κ3) is 12.9. The van der Waals surface area contributed by atoms with Crippen LogP contribution in [0.15, 0.2) is 74.0 Å². The van der Waals surface area contributed by atoms with Gasteiger partial charge in [0.25, 0.3) is 11.1 Å². The Balaban J connectivity index is 0.000000309. The van der Waals surface area contributed by atoms with Crippen LogP contribution in [0.2, 0.25) is 0 Å². The van der Waals surface area contributed by atoms with Crippen molar-refractivity contribution in [2.45, 2.75) is 128 Å². The van der Waals surface area contributed by atoms with Crippen LogP contribution in [0.25, 0.3) is 0 Å². The lowest BCUT2D eigenvalue weighted by atomic mass is 9.92. The molecule has 2 aromatic heterocycles. The average molecular weight is 926 g/mol. The molecule has 9 N–H and O–H groups in total. The van der Waals surface area contributed by atoms with Gasteiger partial charge in [-0.1, -0.05) is 44.9 Å². The Labute approximate surface area is 367 Å². The predicted molar refractivity (Wildman–Crippen MR) is 228 cm³/mol. The van der Waals surface area contributed by atoms with Crippen LogP contribution in [0.1, 0.15) is 80.7 Å². The van der Waals surface area contributed by atoms with Gasteiger partial charge in [0.2, 0.25) is 0 Å². The molecule has 2 saturated heterocycles. The fourth-order valence-electron chi connectivity index (χ4n) is 6.74. The molecular formula is C40H60N7O16P. The molecule has 10 atom stereocenters. The minimum atomic E-state index is -4.24. The number of hydrogen-bond acceptors (Lipinski definition) is 17. The molecule has 5 rings (SSSR count). The summed E-state index contributed by atoms with van der Waals surface area (Å²) < 4.78 is 49.1. The SMILES string of the molecule is CC(C)(C)OC(=O)N[C@]1(C)[C@H](O)[C@@H](CO)O[C@H]1n1ccc(=O)[nH]c1=O.CCC(CC)COC(=O)[C@H](C)NP(=O)(OC[C@H]1O[C@@H](n2ccc(=O)[nH]c2=O)[C@](C)(N)[C@@H]1O)Oc1ccccc1. The number of benzene rings is 1. The number of alkyl carbamates (subject to hydrolysis) is 1. The van der Waals surface area contributed by atoms with E-state index in [-0.39, 0.29) is 18.3 Å². The predicted octanol–water partition coefficient (Wildman–Crippen LogP) is 0.744. The van der Waals surface area contributed by atoms with E-state index in [4.69, 9.17) is 33.7 Å². The number of nitrogens with two attached hydrogens (primary N) is 1. The summed E-state index contributed by atoms with van der Waals surface area (Å²) in [5.41, 5.74) is -0.206. The van der Waals surface area contributed by atoms with Crippen LogP contribution in [0.4, 0.5) is 4.79 Å². The number of hydrogen-bond donors (Lipinski definition) is 8. The lowest BCUT2D eigenvalue weighted by molar-refractivity contribution is -0.146. The summed E-state index contributed by atoms with van der Waals surface area (Å²) in [4.78, 5) is 76.0. The van der Waals surface area contributed by atoms with Gasteiger partial charge in [0.15, 0.2) is 12.5 Å². The van der Waals surface area contributed by atoms with Crippen LogP contribution < -0.4 is 43.2 Å². The van der Waals surface area contributed by atoms with Crippen molar-refractivity contribution >= 4 is 19.8 Å². The number of H-pyrrole nitrogens is 2. The Morgan fingerprint density at radius 2 is 1.45 bits per heavy atom. The monoisotopic (exact) mass is 925 g/mol. The molecule has 0 spiro atoms. The van der Waals surface area contributed by atoms with Crippen molar-refractivity contribution in [2.75, 3.05) is 19.8 Å². The summed E-state index contributed by atoms with van der Waals surface area (Å²) in [5.74, 6) is -0.217. The third-order valence-electron chi connectivity index (χ3n) is 10.5. The number of amides is 1. The van der Waals surface area contributed by atoms with Crippen molar-refractivity contribution in [3.63, 3.8) is 0 Å².